The van der Waals surface area contributed by atoms with E-state index in [2.05, 4.69) is 6.07 Å². The predicted molar refractivity (Wildman–Crippen MR) is 71.0 cm³/mol. The van der Waals surface area contributed by atoms with Crippen molar-refractivity contribution in [1.29, 1.82) is 0 Å². The van der Waals surface area contributed by atoms with Gasteiger partial charge in [-0.1, -0.05) is 0 Å². The maximum absolute atomic E-state index is 13.7. The second-order valence-corrected chi connectivity index (χ2v) is 6.10. The Morgan fingerprint density at radius 1 is 1.00 bits per heavy atom. The van der Waals surface area contributed by atoms with Crippen LogP contribution in [0, 0.1) is 10.5 Å². The molecule has 4 heteroatoms. The zero-order chi connectivity index (χ0) is 11.8. The second-order valence-electron chi connectivity index (χ2n) is 3.64. The van der Waals surface area contributed by atoms with Gasteiger partial charge in [0.1, 0.15) is 0 Å². The monoisotopic (exact) mass is 309 g/mol. The Hall–Kier alpha value is -1.22. The third kappa shape index (κ3) is 1.78. The van der Waals surface area contributed by atoms with Gasteiger partial charge in [-0.15, -0.1) is 0 Å². The van der Waals surface area contributed by atoms with Gasteiger partial charge in [0.25, 0.3) is 0 Å². The first-order chi connectivity index (χ1) is 8.27. The van der Waals surface area contributed by atoms with E-state index in [0.29, 0.717) is 5.69 Å². The number of rotatable bonds is 1. The molecule has 0 spiro atoms. The van der Waals surface area contributed by atoms with Crippen molar-refractivity contribution in [3.8, 4) is 5.69 Å². The molecule has 0 saturated carbocycles. The van der Waals surface area contributed by atoms with Gasteiger partial charge in [0.15, 0.2) is 0 Å². The average molecular weight is 308 g/mol. The van der Waals surface area contributed by atoms with Crippen LogP contribution >= 0.6 is 12.2 Å². The van der Waals surface area contributed by atoms with Crippen LogP contribution in [0.15, 0.2) is 48.5 Å². The standard InChI is InChI=1S/C13H8FNSSe/c14-10-6-2-3-7-11(10)15-13(16)9-5-1-4-8-12(9)17-15/h1-8H. The molecule has 1 aromatic heterocycles. The SMILES string of the molecule is Fc1ccccc1-n1[se]c2ccccc2c1=S. The number of aromatic nitrogens is 1. The van der Waals surface area contributed by atoms with E-state index in [-0.39, 0.29) is 20.5 Å². The summed E-state index contributed by atoms with van der Waals surface area (Å²) in [5.74, 6) is -0.218. The molecule has 1 heterocycles. The van der Waals surface area contributed by atoms with Gasteiger partial charge in [0.05, 0.1) is 0 Å². The van der Waals surface area contributed by atoms with Crippen molar-refractivity contribution >= 4 is 36.6 Å². The fourth-order valence-corrected chi connectivity index (χ4v) is 4.52. The van der Waals surface area contributed by atoms with Gasteiger partial charge in [-0.3, -0.25) is 0 Å². The molecule has 0 N–H and O–H groups in total. The van der Waals surface area contributed by atoms with E-state index in [1.165, 1.54) is 10.3 Å². The molecule has 0 fully saturated rings. The normalized spacial score (nSPS) is 10.9. The zero-order valence-corrected chi connectivity index (χ0v) is 11.3. The number of benzene rings is 2. The van der Waals surface area contributed by atoms with Gasteiger partial charge in [0, 0.05) is 0 Å². The fraction of sp³-hybridized carbons (Fsp3) is 0. The number of halogens is 1. The molecule has 1 nitrogen and oxygen atoms in total. The Bertz CT molecular complexity index is 744. The Morgan fingerprint density at radius 2 is 1.71 bits per heavy atom. The van der Waals surface area contributed by atoms with E-state index < -0.39 is 0 Å². The van der Waals surface area contributed by atoms with Crippen LogP contribution in [0.2, 0.25) is 0 Å². The van der Waals surface area contributed by atoms with Crippen LogP contribution in [0.25, 0.3) is 15.3 Å². The molecule has 0 aliphatic heterocycles. The van der Waals surface area contributed by atoms with E-state index in [9.17, 15) is 4.39 Å². The quantitative estimate of drug-likeness (QED) is 0.491. The summed E-state index contributed by atoms with van der Waals surface area (Å²) in [6, 6.07) is 14.8. The van der Waals surface area contributed by atoms with E-state index in [0.717, 1.165) is 10.0 Å². The summed E-state index contributed by atoms with van der Waals surface area (Å²) in [5.41, 5.74) is 0.578. The molecule has 84 valence electrons. The molecule has 0 radical (unpaired) electrons. The third-order valence-corrected chi connectivity index (χ3v) is 5.56. The van der Waals surface area contributed by atoms with E-state index in [4.69, 9.17) is 12.2 Å². The van der Waals surface area contributed by atoms with Crippen LogP contribution in [0.5, 0.6) is 0 Å². The molecule has 2 aromatic carbocycles. The van der Waals surface area contributed by atoms with Gasteiger partial charge in [0.2, 0.25) is 0 Å². The predicted octanol–water partition coefficient (Wildman–Crippen LogP) is 3.56. The molecule has 0 saturated heterocycles. The summed E-state index contributed by atoms with van der Waals surface area (Å²) >= 11 is 5.45. The molecule has 3 aromatic rings. The zero-order valence-electron chi connectivity index (χ0n) is 8.76. The number of hydrogen-bond acceptors (Lipinski definition) is 1. The number of nitrogens with zero attached hydrogens (tertiary/aromatic N) is 1. The Kier molecular flexibility index (Phi) is 2.71. The number of fused-ring (bicyclic) bond motifs is 1. The molecular formula is C13H8FNSSe. The van der Waals surface area contributed by atoms with Crippen molar-refractivity contribution in [3.05, 3.63) is 59.0 Å². The second kappa shape index (κ2) is 4.22. The van der Waals surface area contributed by atoms with Crippen LogP contribution in [0.4, 0.5) is 4.39 Å². The van der Waals surface area contributed by atoms with Gasteiger partial charge < -0.3 is 0 Å². The van der Waals surface area contributed by atoms with Crippen LogP contribution < -0.4 is 0 Å². The summed E-state index contributed by atoms with van der Waals surface area (Å²) in [6.07, 6.45) is 0. The molecule has 0 unspecified atom stereocenters. The van der Waals surface area contributed by atoms with Crippen molar-refractivity contribution in [3.63, 3.8) is 0 Å². The summed E-state index contributed by atoms with van der Waals surface area (Å²) in [4.78, 5) is 0. The fourth-order valence-electron chi connectivity index (χ4n) is 1.75. The molecule has 0 aliphatic rings. The van der Waals surface area contributed by atoms with Crippen molar-refractivity contribution in [1.82, 2.24) is 3.56 Å². The third-order valence-electron chi connectivity index (χ3n) is 2.56. The van der Waals surface area contributed by atoms with Crippen LogP contribution in [0.3, 0.4) is 0 Å². The van der Waals surface area contributed by atoms with Gasteiger partial charge in [-0.2, -0.15) is 0 Å². The van der Waals surface area contributed by atoms with Gasteiger partial charge in [-0.05, 0) is 0 Å². The van der Waals surface area contributed by atoms with Crippen molar-refractivity contribution in [2.24, 2.45) is 0 Å². The molecule has 0 aliphatic carbocycles. The summed E-state index contributed by atoms with van der Waals surface area (Å²) in [5, 5.41) is 1.06. The molecule has 0 bridgehead atoms. The van der Waals surface area contributed by atoms with Crippen molar-refractivity contribution < 1.29 is 4.39 Å². The Labute approximate surface area is 109 Å². The Morgan fingerprint density at radius 3 is 2.47 bits per heavy atom. The van der Waals surface area contributed by atoms with Crippen LogP contribution in [0.1, 0.15) is 0 Å². The molecule has 3 rings (SSSR count). The Balaban J connectivity index is 2.36. The first-order valence-electron chi connectivity index (χ1n) is 5.13. The topological polar surface area (TPSA) is 4.93 Å². The summed E-state index contributed by atoms with van der Waals surface area (Å²) in [6.45, 7) is 0. The van der Waals surface area contributed by atoms with Crippen LogP contribution in [-0.2, 0) is 0 Å². The van der Waals surface area contributed by atoms with Gasteiger partial charge in [-0.25, -0.2) is 0 Å². The van der Waals surface area contributed by atoms with Crippen molar-refractivity contribution in [2.45, 2.75) is 0 Å². The first kappa shape index (κ1) is 10.9. The minimum absolute atomic E-state index is 0.0376. The first-order valence-corrected chi connectivity index (χ1v) is 7.16. The van der Waals surface area contributed by atoms with E-state index in [1.807, 2.05) is 27.8 Å². The van der Waals surface area contributed by atoms with Crippen molar-refractivity contribution in [2.75, 3.05) is 0 Å². The minimum atomic E-state index is -0.218. The average Bonchev–Trinajstić information content (AvgIpc) is 2.68. The summed E-state index contributed by atoms with van der Waals surface area (Å²) < 4.78 is 17.6. The summed E-state index contributed by atoms with van der Waals surface area (Å²) in [7, 11) is 0. The van der Waals surface area contributed by atoms with Crippen LogP contribution in [-0.4, -0.2) is 18.3 Å². The molecule has 0 atom stereocenters. The maximum atomic E-state index is 13.7. The molecule has 0 amide bonds. The number of hydrogen-bond donors (Lipinski definition) is 0. The number of para-hydroxylation sites is 1. The van der Waals surface area contributed by atoms with E-state index >= 15 is 0 Å². The molecular weight excluding hydrogens is 300 g/mol. The molecule has 17 heavy (non-hydrogen) atoms. The van der Waals surface area contributed by atoms with Gasteiger partial charge >= 0.3 is 109 Å². The van der Waals surface area contributed by atoms with E-state index in [1.54, 1.807) is 12.1 Å².